The molecule has 4 rings (SSSR count). The number of nitrogens with two attached hydrogens (primary N) is 2. The smallest absolute Gasteiger partial charge is 0.159 e. The highest BCUT2D eigenvalue weighted by atomic mass is 16.5. The Kier molecular flexibility index (Phi) is 5.80. The van der Waals surface area contributed by atoms with Crippen molar-refractivity contribution in [2.75, 3.05) is 11.5 Å². The Hall–Kier alpha value is -3.92. The first kappa shape index (κ1) is 20.4. The number of hydrogen-bond donors (Lipinski definition) is 2. The number of hydrogen-bond acceptors (Lipinski definition) is 4. The lowest BCUT2D eigenvalue weighted by Gasteiger charge is -2.35. The van der Waals surface area contributed by atoms with E-state index in [1.165, 1.54) is 0 Å². The second kappa shape index (κ2) is 8.84. The predicted molar refractivity (Wildman–Crippen MR) is 126 cm³/mol. The van der Waals surface area contributed by atoms with Gasteiger partial charge in [-0.05, 0) is 72.6 Å². The van der Waals surface area contributed by atoms with E-state index >= 15 is 0 Å². The van der Waals surface area contributed by atoms with Crippen molar-refractivity contribution >= 4 is 11.4 Å². The van der Waals surface area contributed by atoms with E-state index in [9.17, 15) is 0 Å². The van der Waals surface area contributed by atoms with Gasteiger partial charge in [0.1, 0.15) is 17.2 Å². The van der Waals surface area contributed by atoms with Crippen LogP contribution in [0.2, 0.25) is 0 Å². The molecule has 0 heterocycles. The minimum Gasteiger partial charge on any atom is -0.478 e. The van der Waals surface area contributed by atoms with Crippen molar-refractivity contribution in [1.29, 1.82) is 0 Å². The van der Waals surface area contributed by atoms with E-state index in [1.807, 2.05) is 78.9 Å². The second-order valence-corrected chi connectivity index (χ2v) is 7.41. The molecule has 0 saturated heterocycles. The van der Waals surface area contributed by atoms with Crippen LogP contribution in [0.15, 0.2) is 103 Å². The summed E-state index contributed by atoms with van der Waals surface area (Å²) in [6, 6.07) is 33.2. The van der Waals surface area contributed by atoms with Crippen molar-refractivity contribution in [3.05, 3.63) is 114 Å². The lowest BCUT2D eigenvalue weighted by Crippen LogP contribution is -2.34. The molecule has 4 heteroatoms. The van der Waals surface area contributed by atoms with Gasteiger partial charge in [0.25, 0.3) is 0 Å². The number of benzene rings is 4. The molecule has 0 spiro atoms. The van der Waals surface area contributed by atoms with Gasteiger partial charge < -0.3 is 20.9 Å². The van der Waals surface area contributed by atoms with E-state index in [0.29, 0.717) is 11.4 Å². The zero-order valence-electron chi connectivity index (χ0n) is 17.5. The van der Waals surface area contributed by atoms with Crippen molar-refractivity contribution in [3.8, 4) is 17.2 Å². The molecule has 4 N–H and O–H groups in total. The van der Waals surface area contributed by atoms with Gasteiger partial charge in [-0.3, -0.25) is 0 Å². The van der Waals surface area contributed by atoms with E-state index < -0.39 is 5.60 Å². The van der Waals surface area contributed by atoms with Gasteiger partial charge in [0.15, 0.2) is 5.60 Å². The van der Waals surface area contributed by atoms with Crippen LogP contribution in [0.1, 0.15) is 24.5 Å². The monoisotopic (exact) mass is 410 g/mol. The van der Waals surface area contributed by atoms with Gasteiger partial charge in [-0.25, -0.2) is 0 Å². The average Bonchev–Trinajstić information content (AvgIpc) is 2.81. The Balaban J connectivity index is 1.69. The zero-order chi connectivity index (χ0) is 21.7. The molecular formula is C27H26N2O2. The first-order valence-corrected chi connectivity index (χ1v) is 10.3. The fraction of sp³-hybridized carbons (Fsp3) is 0.111. The van der Waals surface area contributed by atoms with E-state index in [-0.39, 0.29) is 0 Å². The first-order chi connectivity index (χ1) is 15.1. The number of ether oxygens (including phenoxy) is 2. The maximum absolute atomic E-state index is 6.64. The van der Waals surface area contributed by atoms with Crippen LogP contribution in [-0.2, 0) is 5.60 Å². The minimum absolute atomic E-state index is 0.642. The van der Waals surface area contributed by atoms with Gasteiger partial charge in [-0.15, -0.1) is 0 Å². The molecule has 0 saturated carbocycles. The molecule has 1 atom stereocenters. The fourth-order valence-electron chi connectivity index (χ4n) is 3.67. The van der Waals surface area contributed by atoms with Crippen molar-refractivity contribution in [3.63, 3.8) is 0 Å². The van der Waals surface area contributed by atoms with Crippen LogP contribution >= 0.6 is 0 Å². The average molecular weight is 411 g/mol. The molecule has 0 aromatic heterocycles. The molecule has 156 valence electrons. The molecule has 0 bridgehead atoms. The van der Waals surface area contributed by atoms with Crippen LogP contribution in [0.4, 0.5) is 11.4 Å². The molecule has 0 aliphatic carbocycles. The standard InChI is InChI=1S/C27H26N2O2/c1-2-27(20-6-4-3-5-7-20,31-26-18-12-23(29)13-19-26)21-8-14-24(15-9-21)30-25-16-10-22(28)11-17-25/h3-19H,2,28-29H2,1H3. The highest BCUT2D eigenvalue weighted by Crippen LogP contribution is 2.39. The van der Waals surface area contributed by atoms with Crippen molar-refractivity contribution in [2.24, 2.45) is 0 Å². The number of rotatable bonds is 7. The first-order valence-electron chi connectivity index (χ1n) is 10.3. The van der Waals surface area contributed by atoms with E-state index in [0.717, 1.165) is 34.8 Å². The van der Waals surface area contributed by atoms with Crippen LogP contribution in [0.3, 0.4) is 0 Å². The second-order valence-electron chi connectivity index (χ2n) is 7.41. The Morgan fingerprint density at radius 2 is 1.03 bits per heavy atom. The van der Waals surface area contributed by atoms with Gasteiger partial charge in [0, 0.05) is 16.9 Å². The van der Waals surface area contributed by atoms with Gasteiger partial charge in [0.2, 0.25) is 0 Å². The van der Waals surface area contributed by atoms with E-state index in [4.69, 9.17) is 20.9 Å². The predicted octanol–water partition coefficient (Wildman–Crippen LogP) is 6.38. The van der Waals surface area contributed by atoms with E-state index in [2.05, 4.69) is 31.2 Å². The molecule has 0 amide bonds. The van der Waals surface area contributed by atoms with Crippen LogP contribution < -0.4 is 20.9 Å². The van der Waals surface area contributed by atoms with Crippen LogP contribution in [-0.4, -0.2) is 0 Å². The van der Waals surface area contributed by atoms with Crippen LogP contribution in [0.5, 0.6) is 17.2 Å². The summed E-state index contributed by atoms with van der Waals surface area (Å²) in [5.74, 6) is 2.26. The molecule has 4 nitrogen and oxygen atoms in total. The minimum atomic E-state index is -0.642. The number of nitrogen functional groups attached to an aromatic ring is 2. The maximum atomic E-state index is 6.64. The molecule has 4 aromatic carbocycles. The highest BCUT2D eigenvalue weighted by molar-refractivity contribution is 5.46. The summed E-state index contributed by atoms with van der Waals surface area (Å²) in [4.78, 5) is 0. The Labute approximate surface area is 183 Å². The fourth-order valence-corrected chi connectivity index (χ4v) is 3.67. The third-order valence-corrected chi connectivity index (χ3v) is 5.35. The maximum Gasteiger partial charge on any atom is 0.159 e. The summed E-state index contributed by atoms with van der Waals surface area (Å²) in [7, 11) is 0. The van der Waals surface area contributed by atoms with Gasteiger partial charge in [0.05, 0.1) is 0 Å². The molecule has 1 unspecified atom stereocenters. The van der Waals surface area contributed by atoms with Gasteiger partial charge >= 0.3 is 0 Å². The highest BCUT2D eigenvalue weighted by Gasteiger charge is 2.35. The van der Waals surface area contributed by atoms with Crippen LogP contribution in [0, 0.1) is 0 Å². The third kappa shape index (κ3) is 4.48. The lowest BCUT2D eigenvalue weighted by molar-refractivity contribution is 0.106. The molecule has 0 radical (unpaired) electrons. The molecular weight excluding hydrogens is 384 g/mol. The quantitative estimate of drug-likeness (QED) is 0.347. The zero-order valence-corrected chi connectivity index (χ0v) is 17.5. The van der Waals surface area contributed by atoms with Crippen molar-refractivity contribution in [1.82, 2.24) is 0 Å². The summed E-state index contributed by atoms with van der Waals surface area (Å²) < 4.78 is 12.6. The third-order valence-electron chi connectivity index (χ3n) is 5.35. The lowest BCUT2D eigenvalue weighted by atomic mass is 9.83. The molecule has 0 aliphatic heterocycles. The van der Waals surface area contributed by atoms with Gasteiger partial charge in [-0.1, -0.05) is 49.4 Å². The molecule has 4 aromatic rings. The Bertz CT molecular complexity index is 1110. The van der Waals surface area contributed by atoms with Crippen molar-refractivity contribution < 1.29 is 9.47 Å². The summed E-state index contributed by atoms with van der Waals surface area (Å²) in [5, 5.41) is 0. The molecule has 31 heavy (non-hydrogen) atoms. The molecule has 0 aliphatic rings. The summed E-state index contributed by atoms with van der Waals surface area (Å²) >= 11 is 0. The Morgan fingerprint density at radius 3 is 1.55 bits per heavy atom. The summed E-state index contributed by atoms with van der Waals surface area (Å²) in [6.45, 7) is 2.13. The Morgan fingerprint density at radius 1 is 0.581 bits per heavy atom. The topological polar surface area (TPSA) is 70.5 Å². The normalized spacial score (nSPS) is 12.7. The number of anilines is 2. The largest absolute Gasteiger partial charge is 0.478 e. The van der Waals surface area contributed by atoms with E-state index in [1.54, 1.807) is 0 Å². The SMILES string of the molecule is CCC(Oc1ccc(N)cc1)(c1ccccc1)c1ccc(Oc2ccc(N)cc2)cc1. The van der Waals surface area contributed by atoms with Crippen molar-refractivity contribution in [2.45, 2.75) is 18.9 Å². The van der Waals surface area contributed by atoms with Crippen LogP contribution in [0.25, 0.3) is 0 Å². The summed E-state index contributed by atoms with van der Waals surface area (Å²) in [5.41, 5.74) is 14.5. The molecule has 0 fully saturated rings. The van der Waals surface area contributed by atoms with Gasteiger partial charge in [-0.2, -0.15) is 0 Å². The summed E-state index contributed by atoms with van der Waals surface area (Å²) in [6.07, 6.45) is 0.750.